The fourth-order valence-electron chi connectivity index (χ4n) is 2.51. The molecule has 0 spiro atoms. The lowest BCUT2D eigenvalue weighted by Gasteiger charge is -2.12. The van der Waals surface area contributed by atoms with Crippen LogP contribution in [0, 0.1) is 18.3 Å². The number of nitrogens with one attached hydrogen (secondary N) is 2. The maximum atomic E-state index is 12.6. The molecular formula is C19H16N6O2. The number of aromatic nitrogens is 3. The molecule has 0 saturated heterocycles. The van der Waals surface area contributed by atoms with Crippen LogP contribution in [0.25, 0.3) is 0 Å². The van der Waals surface area contributed by atoms with Gasteiger partial charge in [0.15, 0.2) is 0 Å². The molecular weight excluding hydrogens is 344 g/mol. The number of hydrogen-bond donors (Lipinski definition) is 2. The number of carbonyl (C=O) groups is 2. The Balaban J connectivity index is 1.74. The first-order chi connectivity index (χ1) is 13.1. The second-order valence-electron chi connectivity index (χ2n) is 5.81. The summed E-state index contributed by atoms with van der Waals surface area (Å²) >= 11 is 0. The van der Waals surface area contributed by atoms with Gasteiger partial charge in [0.05, 0.1) is 11.3 Å². The summed E-state index contributed by atoms with van der Waals surface area (Å²) < 4.78 is 1.32. The van der Waals surface area contributed by atoms with Gasteiger partial charge in [0.1, 0.15) is 18.9 Å². The summed E-state index contributed by atoms with van der Waals surface area (Å²) in [5, 5.41) is 21.6. The molecule has 3 aromatic rings. The quantitative estimate of drug-likeness (QED) is 0.725. The van der Waals surface area contributed by atoms with Crippen molar-refractivity contribution in [2.24, 2.45) is 0 Å². The van der Waals surface area contributed by atoms with Crippen molar-refractivity contribution in [2.75, 3.05) is 10.6 Å². The highest BCUT2D eigenvalue weighted by Crippen LogP contribution is 2.18. The number of nitriles is 1. The molecule has 2 amide bonds. The molecule has 8 heteroatoms. The Kier molecular flexibility index (Phi) is 5.23. The van der Waals surface area contributed by atoms with Crippen molar-refractivity contribution in [3.63, 3.8) is 0 Å². The Morgan fingerprint density at radius 2 is 1.96 bits per heavy atom. The van der Waals surface area contributed by atoms with Gasteiger partial charge in [-0.05, 0) is 36.8 Å². The third-order valence-corrected chi connectivity index (χ3v) is 3.75. The molecule has 0 atom stereocenters. The van der Waals surface area contributed by atoms with Crippen LogP contribution in [-0.2, 0) is 11.3 Å². The number of aryl methyl sites for hydroxylation is 1. The van der Waals surface area contributed by atoms with E-state index in [1.807, 2.05) is 31.2 Å². The average molecular weight is 360 g/mol. The molecule has 8 nitrogen and oxygen atoms in total. The molecule has 0 unspecified atom stereocenters. The number of benzene rings is 2. The van der Waals surface area contributed by atoms with Crippen LogP contribution in [-0.4, -0.2) is 26.6 Å². The maximum Gasteiger partial charge on any atom is 0.257 e. The van der Waals surface area contributed by atoms with Crippen LogP contribution in [0.1, 0.15) is 21.7 Å². The smallest absolute Gasteiger partial charge is 0.257 e. The summed E-state index contributed by atoms with van der Waals surface area (Å²) in [7, 11) is 0. The largest absolute Gasteiger partial charge is 0.324 e. The van der Waals surface area contributed by atoms with Crippen LogP contribution in [0.4, 0.5) is 11.4 Å². The Morgan fingerprint density at radius 1 is 1.15 bits per heavy atom. The summed E-state index contributed by atoms with van der Waals surface area (Å²) in [4.78, 5) is 24.9. The van der Waals surface area contributed by atoms with Gasteiger partial charge in [-0.1, -0.05) is 24.3 Å². The lowest BCUT2D eigenvalue weighted by molar-refractivity contribution is -0.116. The van der Waals surface area contributed by atoms with Gasteiger partial charge >= 0.3 is 0 Å². The first-order valence-electron chi connectivity index (χ1n) is 8.11. The van der Waals surface area contributed by atoms with Crippen molar-refractivity contribution in [1.29, 1.82) is 5.26 Å². The maximum absolute atomic E-state index is 12.6. The third-order valence-electron chi connectivity index (χ3n) is 3.75. The molecule has 2 N–H and O–H groups in total. The van der Waals surface area contributed by atoms with Crippen molar-refractivity contribution in [3.8, 4) is 6.07 Å². The summed E-state index contributed by atoms with van der Waals surface area (Å²) in [6, 6.07) is 16.0. The lowest BCUT2D eigenvalue weighted by atomic mass is 10.1. The minimum atomic E-state index is -0.401. The number of hydrogen-bond acceptors (Lipinski definition) is 5. The zero-order chi connectivity index (χ0) is 19.2. The van der Waals surface area contributed by atoms with E-state index in [0.717, 1.165) is 5.56 Å². The molecule has 1 aromatic heterocycles. The van der Waals surface area contributed by atoms with Gasteiger partial charge in [0.2, 0.25) is 11.7 Å². The minimum Gasteiger partial charge on any atom is -0.324 e. The van der Waals surface area contributed by atoms with Gasteiger partial charge in [-0.25, -0.2) is 0 Å². The van der Waals surface area contributed by atoms with Crippen LogP contribution in [0.2, 0.25) is 0 Å². The van der Waals surface area contributed by atoms with Gasteiger partial charge in [0.25, 0.3) is 5.91 Å². The zero-order valence-corrected chi connectivity index (χ0v) is 14.5. The number of nitrogens with zero attached hydrogens (tertiary/aromatic N) is 4. The minimum absolute atomic E-state index is 0.0376. The van der Waals surface area contributed by atoms with Gasteiger partial charge in [0, 0.05) is 5.69 Å². The molecule has 1 heterocycles. The van der Waals surface area contributed by atoms with E-state index >= 15 is 0 Å². The third kappa shape index (κ3) is 4.35. The van der Waals surface area contributed by atoms with E-state index in [-0.39, 0.29) is 18.3 Å². The van der Waals surface area contributed by atoms with Gasteiger partial charge in [-0.15, -0.1) is 10.2 Å². The molecule has 0 bridgehead atoms. The number of anilines is 2. The van der Waals surface area contributed by atoms with Crippen molar-refractivity contribution < 1.29 is 9.59 Å². The molecule has 2 aromatic carbocycles. The van der Waals surface area contributed by atoms with Crippen molar-refractivity contribution in [1.82, 2.24) is 14.8 Å². The molecule has 27 heavy (non-hydrogen) atoms. The van der Waals surface area contributed by atoms with E-state index in [0.29, 0.717) is 16.9 Å². The highest BCUT2D eigenvalue weighted by atomic mass is 16.2. The second-order valence-corrected chi connectivity index (χ2v) is 5.81. The molecule has 0 aliphatic carbocycles. The van der Waals surface area contributed by atoms with Crippen LogP contribution >= 0.6 is 0 Å². The predicted molar refractivity (Wildman–Crippen MR) is 98.9 cm³/mol. The van der Waals surface area contributed by atoms with E-state index in [1.54, 1.807) is 30.3 Å². The van der Waals surface area contributed by atoms with Gasteiger partial charge in [-0.2, -0.15) is 5.26 Å². The topological polar surface area (TPSA) is 113 Å². The SMILES string of the molecule is Cc1cccc(NC(=O)c2ccccc2NC(=O)Cn2cnnc2C#N)c1. The second kappa shape index (κ2) is 7.93. The molecule has 0 aliphatic rings. The normalized spacial score (nSPS) is 10.1. The van der Waals surface area contributed by atoms with Crippen LogP contribution in [0.3, 0.4) is 0 Å². The van der Waals surface area contributed by atoms with Gasteiger partial charge in [-0.3, -0.25) is 14.2 Å². The number of rotatable bonds is 5. The van der Waals surface area contributed by atoms with Gasteiger partial charge < -0.3 is 10.6 Å². The lowest BCUT2D eigenvalue weighted by Crippen LogP contribution is -2.22. The summed E-state index contributed by atoms with van der Waals surface area (Å²) in [6.45, 7) is 1.80. The highest BCUT2D eigenvalue weighted by Gasteiger charge is 2.14. The number of para-hydroxylation sites is 1. The Bertz CT molecular complexity index is 1030. The summed E-state index contributed by atoms with van der Waals surface area (Å²) in [5.74, 6) is -0.698. The van der Waals surface area contributed by atoms with E-state index < -0.39 is 5.91 Å². The van der Waals surface area contributed by atoms with E-state index in [9.17, 15) is 9.59 Å². The Morgan fingerprint density at radius 3 is 2.74 bits per heavy atom. The zero-order valence-electron chi connectivity index (χ0n) is 14.5. The summed E-state index contributed by atoms with van der Waals surface area (Å²) in [6.07, 6.45) is 1.30. The molecule has 0 fully saturated rings. The first-order valence-corrected chi connectivity index (χ1v) is 8.11. The fourth-order valence-corrected chi connectivity index (χ4v) is 2.51. The van der Waals surface area contributed by atoms with E-state index in [1.165, 1.54) is 10.9 Å². The molecule has 3 rings (SSSR count). The van der Waals surface area contributed by atoms with Crippen LogP contribution in [0.5, 0.6) is 0 Å². The Labute approximate surface area is 155 Å². The van der Waals surface area contributed by atoms with E-state index in [2.05, 4.69) is 20.8 Å². The Hall–Kier alpha value is -3.99. The highest BCUT2D eigenvalue weighted by molar-refractivity contribution is 6.10. The number of amides is 2. The predicted octanol–water partition coefficient (Wildman–Crippen LogP) is 2.35. The monoisotopic (exact) mass is 360 g/mol. The fraction of sp³-hybridized carbons (Fsp3) is 0.105. The first kappa shape index (κ1) is 17.8. The van der Waals surface area contributed by atoms with Crippen molar-refractivity contribution >= 4 is 23.2 Å². The molecule has 0 aliphatic heterocycles. The summed E-state index contributed by atoms with van der Waals surface area (Å²) in [5.41, 5.74) is 2.40. The number of carbonyl (C=O) groups excluding carboxylic acids is 2. The van der Waals surface area contributed by atoms with Crippen molar-refractivity contribution in [2.45, 2.75) is 13.5 Å². The van der Waals surface area contributed by atoms with E-state index in [4.69, 9.17) is 5.26 Å². The van der Waals surface area contributed by atoms with Crippen molar-refractivity contribution in [3.05, 3.63) is 71.8 Å². The van der Waals surface area contributed by atoms with Crippen LogP contribution in [0.15, 0.2) is 54.9 Å². The molecule has 0 saturated carbocycles. The molecule has 134 valence electrons. The average Bonchev–Trinajstić information content (AvgIpc) is 3.09. The van der Waals surface area contributed by atoms with Crippen LogP contribution < -0.4 is 10.6 Å². The standard InChI is InChI=1S/C19H16N6O2/c1-13-5-4-6-14(9-13)22-19(27)15-7-2-3-8-16(15)23-18(26)11-25-12-21-24-17(25)10-20/h2-9,12H,11H2,1H3,(H,22,27)(H,23,26). The molecule has 0 radical (unpaired) electrons.